The molecule has 5 aromatic rings. The van der Waals surface area contributed by atoms with Crippen LogP contribution in [0.5, 0.6) is 0 Å². The van der Waals surface area contributed by atoms with E-state index < -0.39 is 0 Å². The molecular weight excluding hydrogens is 470 g/mol. The summed E-state index contributed by atoms with van der Waals surface area (Å²) in [6, 6.07) is 25.3. The van der Waals surface area contributed by atoms with E-state index in [2.05, 4.69) is 10.4 Å². The Balaban J connectivity index is 1.28. The first-order chi connectivity index (χ1) is 17.6. The molecule has 3 heterocycles. The number of nitrogens with zero attached hydrogens (tertiary/aromatic N) is 4. The number of anilines is 1. The van der Waals surface area contributed by atoms with Gasteiger partial charge in [0.05, 0.1) is 17.9 Å². The van der Waals surface area contributed by atoms with Crippen LogP contribution in [0.25, 0.3) is 27.8 Å². The first-order valence-electron chi connectivity index (χ1n) is 11.7. The molecule has 1 atom stereocenters. The van der Waals surface area contributed by atoms with Gasteiger partial charge in [-0.15, -0.1) is 0 Å². The molecule has 1 amide bonds. The molecule has 1 unspecified atom stereocenters. The molecule has 3 aromatic carbocycles. The van der Waals surface area contributed by atoms with Gasteiger partial charge in [0.15, 0.2) is 10.8 Å². The smallest absolute Gasteiger partial charge is 0.265 e. The molecule has 0 saturated heterocycles. The first-order valence-corrected chi connectivity index (χ1v) is 12.7. The fourth-order valence-electron chi connectivity index (χ4n) is 4.63. The van der Waals surface area contributed by atoms with Gasteiger partial charge in [0.1, 0.15) is 5.39 Å². The SMILES string of the molecule is Cc1ccccc1-n1ncc2c(=O)n3c(nc21)SCC3CC(=O)Nc1ccccc1-c1ccccc1. The number of carbonyl (C=O) groups excluding carboxylic acids is 1. The third kappa shape index (κ3) is 3.89. The Morgan fingerprint density at radius 1 is 1.03 bits per heavy atom. The zero-order valence-electron chi connectivity index (χ0n) is 19.6. The summed E-state index contributed by atoms with van der Waals surface area (Å²) in [4.78, 5) is 31.3. The summed E-state index contributed by atoms with van der Waals surface area (Å²) in [5, 5.41) is 8.58. The molecule has 2 aromatic heterocycles. The highest BCUT2D eigenvalue weighted by atomic mass is 32.2. The molecule has 0 spiro atoms. The highest BCUT2D eigenvalue weighted by Crippen LogP contribution is 2.34. The number of nitrogens with one attached hydrogen (secondary N) is 1. The zero-order valence-corrected chi connectivity index (χ0v) is 20.4. The van der Waals surface area contributed by atoms with Crippen LogP contribution in [0.3, 0.4) is 0 Å². The molecule has 8 heteroatoms. The lowest BCUT2D eigenvalue weighted by molar-refractivity contribution is -0.116. The first kappa shape index (κ1) is 22.3. The molecular formula is C28H23N5O2S. The maximum atomic E-state index is 13.5. The summed E-state index contributed by atoms with van der Waals surface area (Å²) >= 11 is 1.50. The lowest BCUT2D eigenvalue weighted by Gasteiger charge is -2.15. The second kappa shape index (κ2) is 9.13. The lowest BCUT2D eigenvalue weighted by atomic mass is 10.0. The van der Waals surface area contributed by atoms with Crippen molar-refractivity contribution in [2.45, 2.75) is 24.5 Å². The number of hydrogen-bond acceptors (Lipinski definition) is 5. The van der Waals surface area contributed by atoms with E-state index in [9.17, 15) is 9.59 Å². The Morgan fingerprint density at radius 3 is 2.61 bits per heavy atom. The van der Waals surface area contributed by atoms with E-state index >= 15 is 0 Å². The minimum atomic E-state index is -0.278. The third-order valence-electron chi connectivity index (χ3n) is 6.42. The predicted octanol–water partition coefficient (Wildman–Crippen LogP) is 5.23. The Morgan fingerprint density at radius 2 is 1.78 bits per heavy atom. The van der Waals surface area contributed by atoms with Crippen LogP contribution in [0, 0.1) is 6.92 Å². The zero-order chi connectivity index (χ0) is 24.6. The minimum Gasteiger partial charge on any atom is -0.325 e. The molecule has 1 aliphatic heterocycles. The van der Waals surface area contributed by atoms with Gasteiger partial charge < -0.3 is 5.32 Å². The van der Waals surface area contributed by atoms with Gasteiger partial charge in [-0.2, -0.15) is 5.10 Å². The van der Waals surface area contributed by atoms with Crippen molar-refractivity contribution in [3.8, 4) is 16.8 Å². The van der Waals surface area contributed by atoms with E-state index in [1.165, 1.54) is 11.8 Å². The molecule has 0 bridgehead atoms. The average molecular weight is 494 g/mol. The summed E-state index contributed by atoms with van der Waals surface area (Å²) in [5.41, 5.74) is 5.04. The van der Waals surface area contributed by atoms with E-state index in [0.717, 1.165) is 28.1 Å². The van der Waals surface area contributed by atoms with Crippen molar-refractivity contribution in [1.82, 2.24) is 19.3 Å². The number of para-hydroxylation sites is 2. The average Bonchev–Trinajstić information content (AvgIpc) is 3.50. The Kier molecular flexibility index (Phi) is 5.65. The van der Waals surface area contributed by atoms with Crippen LogP contribution >= 0.6 is 11.8 Å². The number of aromatic nitrogens is 4. The summed E-state index contributed by atoms with van der Waals surface area (Å²) in [5.74, 6) is 0.472. The Labute approximate surface area is 211 Å². The summed E-state index contributed by atoms with van der Waals surface area (Å²) in [6.45, 7) is 2.00. The maximum Gasteiger partial charge on any atom is 0.265 e. The van der Waals surface area contributed by atoms with E-state index in [-0.39, 0.29) is 23.9 Å². The number of benzene rings is 3. The molecule has 0 fully saturated rings. The Bertz CT molecular complexity index is 1660. The molecule has 6 rings (SSSR count). The van der Waals surface area contributed by atoms with Crippen molar-refractivity contribution in [2.75, 3.05) is 11.1 Å². The largest absolute Gasteiger partial charge is 0.325 e. The van der Waals surface area contributed by atoms with Crippen LogP contribution in [-0.4, -0.2) is 31.0 Å². The van der Waals surface area contributed by atoms with Gasteiger partial charge in [-0.25, -0.2) is 9.67 Å². The van der Waals surface area contributed by atoms with E-state index in [1.807, 2.05) is 85.8 Å². The second-order valence-corrected chi connectivity index (χ2v) is 9.77. The fourth-order valence-corrected chi connectivity index (χ4v) is 5.77. The third-order valence-corrected chi connectivity index (χ3v) is 7.52. The van der Waals surface area contributed by atoms with Gasteiger partial charge in [-0.1, -0.05) is 78.5 Å². The monoisotopic (exact) mass is 493 g/mol. The highest BCUT2D eigenvalue weighted by molar-refractivity contribution is 7.99. The van der Waals surface area contributed by atoms with Crippen molar-refractivity contribution in [1.29, 1.82) is 0 Å². The molecule has 36 heavy (non-hydrogen) atoms. The quantitative estimate of drug-likeness (QED) is 0.339. The van der Waals surface area contributed by atoms with Crippen LogP contribution in [0.2, 0.25) is 0 Å². The predicted molar refractivity (Wildman–Crippen MR) is 143 cm³/mol. The summed E-state index contributed by atoms with van der Waals surface area (Å²) in [6.07, 6.45) is 1.75. The van der Waals surface area contributed by atoms with Gasteiger partial charge in [0.2, 0.25) is 5.91 Å². The second-order valence-electron chi connectivity index (χ2n) is 8.78. The van der Waals surface area contributed by atoms with Crippen molar-refractivity contribution in [3.63, 3.8) is 0 Å². The topological polar surface area (TPSA) is 81.8 Å². The molecule has 1 N–H and O–H groups in total. The number of aryl methyl sites for hydroxylation is 1. The van der Waals surface area contributed by atoms with Crippen LogP contribution in [0.4, 0.5) is 5.69 Å². The van der Waals surface area contributed by atoms with Gasteiger partial charge in [0, 0.05) is 23.4 Å². The molecule has 7 nitrogen and oxygen atoms in total. The molecule has 0 saturated carbocycles. The number of thioether (sulfide) groups is 1. The van der Waals surface area contributed by atoms with E-state index in [1.54, 1.807) is 15.4 Å². The maximum absolute atomic E-state index is 13.5. The van der Waals surface area contributed by atoms with Gasteiger partial charge in [-0.05, 0) is 30.2 Å². The van der Waals surface area contributed by atoms with Crippen LogP contribution < -0.4 is 10.9 Å². The van der Waals surface area contributed by atoms with Crippen molar-refractivity contribution >= 4 is 34.4 Å². The van der Waals surface area contributed by atoms with Crippen molar-refractivity contribution < 1.29 is 4.79 Å². The molecule has 1 aliphatic rings. The summed E-state index contributed by atoms with van der Waals surface area (Å²) in [7, 11) is 0. The lowest BCUT2D eigenvalue weighted by Crippen LogP contribution is -2.27. The van der Waals surface area contributed by atoms with Crippen LogP contribution in [0.15, 0.2) is 95.0 Å². The summed E-state index contributed by atoms with van der Waals surface area (Å²) < 4.78 is 3.37. The minimum absolute atomic E-state index is 0.139. The molecule has 178 valence electrons. The molecule has 0 radical (unpaired) electrons. The van der Waals surface area contributed by atoms with Gasteiger partial charge in [-0.3, -0.25) is 14.2 Å². The van der Waals surface area contributed by atoms with Gasteiger partial charge >= 0.3 is 0 Å². The van der Waals surface area contributed by atoms with Gasteiger partial charge in [0.25, 0.3) is 5.56 Å². The highest BCUT2D eigenvalue weighted by Gasteiger charge is 2.30. The van der Waals surface area contributed by atoms with Crippen LogP contribution in [-0.2, 0) is 4.79 Å². The number of hydrogen-bond donors (Lipinski definition) is 1. The number of fused-ring (bicyclic) bond motifs is 2. The molecule has 0 aliphatic carbocycles. The normalized spacial score (nSPS) is 14.6. The van der Waals surface area contributed by atoms with E-state index in [0.29, 0.717) is 21.9 Å². The van der Waals surface area contributed by atoms with E-state index in [4.69, 9.17) is 4.98 Å². The number of rotatable bonds is 5. The number of amides is 1. The number of carbonyl (C=O) groups is 1. The van der Waals surface area contributed by atoms with Crippen molar-refractivity contribution in [2.24, 2.45) is 0 Å². The Hall–Kier alpha value is -4.17. The standard InChI is InChI=1S/C28H23N5O2S/c1-18-9-5-8-14-24(18)33-26-22(16-29-33)27(35)32-20(17-36-28(32)31-26)15-25(34)30-23-13-7-6-12-21(23)19-10-3-2-4-11-19/h2-14,16,20H,15,17H2,1H3,(H,30,34). The van der Waals surface area contributed by atoms with Crippen LogP contribution in [0.1, 0.15) is 18.0 Å². The fraction of sp³-hybridized carbons (Fsp3) is 0.143. The van der Waals surface area contributed by atoms with Crippen molar-refractivity contribution in [3.05, 3.63) is 101 Å².